The number of nitrogens with one attached hydrogen (secondary N) is 1. The number of nitrogens with zero attached hydrogens (tertiary/aromatic N) is 2. The molecule has 1 saturated heterocycles. The molecule has 1 aromatic heterocycles. The van der Waals surface area contributed by atoms with E-state index in [2.05, 4.69) is 35.6 Å². The van der Waals surface area contributed by atoms with Gasteiger partial charge in [0.2, 0.25) is 0 Å². The standard InChI is InChI=1S/C14H25N3/c1-4-11(2)8-12(3)17-10-15-9-14(17)13-6-5-7-16-13/h9-13,16H,4-8H2,1-3H3/t11?,12?,13-/m0/s1. The van der Waals surface area contributed by atoms with Crippen LogP contribution in [0.2, 0.25) is 0 Å². The predicted octanol–water partition coefficient (Wildman–Crippen LogP) is 3.30. The number of hydrogen-bond acceptors (Lipinski definition) is 2. The lowest BCUT2D eigenvalue weighted by molar-refractivity contribution is 0.383. The summed E-state index contributed by atoms with van der Waals surface area (Å²) >= 11 is 0. The molecule has 17 heavy (non-hydrogen) atoms. The first kappa shape index (κ1) is 12.6. The van der Waals surface area contributed by atoms with Gasteiger partial charge in [-0.15, -0.1) is 0 Å². The highest BCUT2D eigenvalue weighted by atomic mass is 15.1. The summed E-state index contributed by atoms with van der Waals surface area (Å²) < 4.78 is 2.37. The van der Waals surface area contributed by atoms with Gasteiger partial charge in [0.05, 0.1) is 12.0 Å². The van der Waals surface area contributed by atoms with Crippen LogP contribution >= 0.6 is 0 Å². The van der Waals surface area contributed by atoms with Crippen LogP contribution in [-0.4, -0.2) is 16.1 Å². The molecule has 1 N–H and O–H groups in total. The number of aromatic nitrogens is 2. The molecule has 2 heterocycles. The summed E-state index contributed by atoms with van der Waals surface area (Å²) in [5.74, 6) is 0.789. The fraction of sp³-hybridized carbons (Fsp3) is 0.786. The molecule has 2 rings (SSSR count). The van der Waals surface area contributed by atoms with Crippen molar-refractivity contribution in [3.63, 3.8) is 0 Å². The van der Waals surface area contributed by atoms with E-state index in [4.69, 9.17) is 0 Å². The number of rotatable bonds is 5. The van der Waals surface area contributed by atoms with Crippen molar-refractivity contribution >= 4 is 0 Å². The van der Waals surface area contributed by atoms with Gasteiger partial charge in [-0.05, 0) is 38.6 Å². The molecule has 3 atom stereocenters. The van der Waals surface area contributed by atoms with E-state index in [0.717, 1.165) is 12.5 Å². The highest BCUT2D eigenvalue weighted by Gasteiger charge is 2.21. The molecule has 1 fully saturated rings. The summed E-state index contributed by atoms with van der Waals surface area (Å²) in [6.07, 6.45) is 9.08. The van der Waals surface area contributed by atoms with Crippen LogP contribution in [0.5, 0.6) is 0 Å². The second kappa shape index (κ2) is 5.67. The first-order valence-corrected chi connectivity index (χ1v) is 6.97. The van der Waals surface area contributed by atoms with Crippen molar-refractivity contribution in [1.29, 1.82) is 0 Å². The normalized spacial score (nSPS) is 23.8. The van der Waals surface area contributed by atoms with Gasteiger partial charge in [0.1, 0.15) is 0 Å². The second-order valence-electron chi connectivity index (χ2n) is 5.47. The highest BCUT2D eigenvalue weighted by Crippen LogP contribution is 2.27. The third kappa shape index (κ3) is 2.89. The van der Waals surface area contributed by atoms with Gasteiger partial charge in [0.25, 0.3) is 0 Å². The summed E-state index contributed by atoms with van der Waals surface area (Å²) in [6, 6.07) is 1.08. The van der Waals surface area contributed by atoms with Gasteiger partial charge in [0, 0.05) is 18.3 Å². The van der Waals surface area contributed by atoms with E-state index in [0.29, 0.717) is 12.1 Å². The molecule has 0 aromatic carbocycles. The van der Waals surface area contributed by atoms with Crippen molar-refractivity contribution in [3.8, 4) is 0 Å². The van der Waals surface area contributed by atoms with Gasteiger partial charge >= 0.3 is 0 Å². The molecule has 3 nitrogen and oxygen atoms in total. The van der Waals surface area contributed by atoms with E-state index in [9.17, 15) is 0 Å². The number of hydrogen-bond donors (Lipinski definition) is 1. The summed E-state index contributed by atoms with van der Waals surface area (Å²) in [7, 11) is 0. The largest absolute Gasteiger partial charge is 0.330 e. The topological polar surface area (TPSA) is 29.9 Å². The lowest BCUT2D eigenvalue weighted by Gasteiger charge is -2.22. The fourth-order valence-corrected chi connectivity index (χ4v) is 2.75. The van der Waals surface area contributed by atoms with Crippen LogP contribution in [0, 0.1) is 5.92 Å². The van der Waals surface area contributed by atoms with Crippen molar-refractivity contribution < 1.29 is 0 Å². The van der Waals surface area contributed by atoms with Gasteiger partial charge in [-0.3, -0.25) is 0 Å². The minimum Gasteiger partial charge on any atom is -0.330 e. The van der Waals surface area contributed by atoms with Crippen LogP contribution in [0.15, 0.2) is 12.5 Å². The molecule has 0 radical (unpaired) electrons. The molecule has 96 valence electrons. The Morgan fingerprint density at radius 2 is 2.35 bits per heavy atom. The monoisotopic (exact) mass is 235 g/mol. The second-order valence-corrected chi connectivity index (χ2v) is 5.47. The minimum atomic E-state index is 0.525. The molecule has 1 aliphatic rings. The maximum Gasteiger partial charge on any atom is 0.0951 e. The van der Waals surface area contributed by atoms with Crippen molar-refractivity contribution in [1.82, 2.24) is 14.9 Å². The molecular formula is C14H25N3. The quantitative estimate of drug-likeness (QED) is 0.848. The minimum absolute atomic E-state index is 0.525. The van der Waals surface area contributed by atoms with Crippen LogP contribution in [-0.2, 0) is 0 Å². The van der Waals surface area contributed by atoms with Gasteiger partial charge < -0.3 is 9.88 Å². The molecule has 0 saturated carbocycles. The van der Waals surface area contributed by atoms with Gasteiger partial charge in [-0.25, -0.2) is 4.98 Å². The molecule has 0 amide bonds. The average molecular weight is 235 g/mol. The Kier molecular flexibility index (Phi) is 4.21. The first-order chi connectivity index (χ1) is 8.22. The lowest BCUT2D eigenvalue weighted by atomic mass is 10.00. The number of imidazole rings is 1. The SMILES string of the molecule is CCC(C)CC(C)n1cncc1[C@@H]1CCCN1. The third-order valence-electron chi connectivity index (χ3n) is 4.03. The molecule has 2 unspecified atom stereocenters. The zero-order chi connectivity index (χ0) is 12.3. The Hall–Kier alpha value is -0.830. The third-order valence-corrected chi connectivity index (χ3v) is 4.03. The zero-order valence-corrected chi connectivity index (χ0v) is 11.3. The van der Waals surface area contributed by atoms with Crippen LogP contribution < -0.4 is 5.32 Å². The molecule has 0 aliphatic carbocycles. The summed E-state index contributed by atoms with van der Waals surface area (Å²) in [5.41, 5.74) is 1.37. The van der Waals surface area contributed by atoms with Crippen molar-refractivity contribution in [3.05, 3.63) is 18.2 Å². The Morgan fingerprint density at radius 3 is 3.00 bits per heavy atom. The van der Waals surface area contributed by atoms with E-state index >= 15 is 0 Å². The smallest absolute Gasteiger partial charge is 0.0951 e. The summed E-state index contributed by atoms with van der Waals surface area (Å²) in [5, 5.41) is 3.56. The summed E-state index contributed by atoms with van der Waals surface area (Å²) in [4.78, 5) is 4.34. The lowest BCUT2D eigenvalue weighted by Crippen LogP contribution is -2.19. The maximum absolute atomic E-state index is 4.34. The van der Waals surface area contributed by atoms with E-state index in [1.807, 2.05) is 12.5 Å². The fourth-order valence-electron chi connectivity index (χ4n) is 2.75. The molecule has 0 spiro atoms. The summed E-state index contributed by atoms with van der Waals surface area (Å²) in [6.45, 7) is 8.06. The van der Waals surface area contributed by atoms with Crippen molar-refractivity contribution in [2.75, 3.05) is 6.54 Å². The van der Waals surface area contributed by atoms with Crippen LogP contribution in [0.25, 0.3) is 0 Å². The van der Waals surface area contributed by atoms with Crippen LogP contribution in [0.3, 0.4) is 0 Å². The molecule has 3 heteroatoms. The van der Waals surface area contributed by atoms with E-state index in [-0.39, 0.29) is 0 Å². The average Bonchev–Trinajstić information content (AvgIpc) is 2.98. The molecule has 1 aliphatic heterocycles. The maximum atomic E-state index is 4.34. The Balaban J connectivity index is 2.07. The molecule has 0 bridgehead atoms. The zero-order valence-electron chi connectivity index (χ0n) is 11.3. The van der Waals surface area contributed by atoms with Crippen molar-refractivity contribution in [2.45, 2.75) is 58.5 Å². The Labute approximate surface area is 105 Å². The Morgan fingerprint density at radius 1 is 1.53 bits per heavy atom. The van der Waals surface area contributed by atoms with Gasteiger partial charge in [-0.2, -0.15) is 0 Å². The van der Waals surface area contributed by atoms with Crippen LogP contribution in [0.4, 0.5) is 0 Å². The molecule has 1 aromatic rings. The van der Waals surface area contributed by atoms with E-state index in [1.54, 1.807) is 0 Å². The highest BCUT2D eigenvalue weighted by molar-refractivity contribution is 5.08. The van der Waals surface area contributed by atoms with E-state index < -0.39 is 0 Å². The van der Waals surface area contributed by atoms with E-state index in [1.165, 1.54) is 31.4 Å². The van der Waals surface area contributed by atoms with Gasteiger partial charge in [0.15, 0.2) is 0 Å². The first-order valence-electron chi connectivity index (χ1n) is 6.97. The van der Waals surface area contributed by atoms with Gasteiger partial charge in [-0.1, -0.05) is 20.3 Å². The predicted molar refractivity (Wildman–Crippen MR) is 71.0 cm³/mol. The molecular weight excluding hydrogens is 210 g/mol. The van der Waals surface area contributed by atoms with Crippen LogP contribution in [0.1, 0.15) is 64.2 Å². The van der Waals surface area contributed by atoms with Crippen molar-refractivity contribution in [2.24, 2.45) is 5.92 Å². The Bertz CT molecular complexity index is 339.